The van der Waals surface area contributed by atoms with Crippen LogP contribution in [0.15, 0.2) is 29.0 Å². The van der Waals surface area contributed by atoms with Gasteiger partial charge in [0, 0.05) is 36.3 Å². The zero-order valence-electron chi connectivity index (χ0n) is 17.1. The maximum atomic E-state index is 12.5. The Morgan fingerprint density at radius 2 is 1.93 bits per heavy atom. The summed E-state index contributed by atoms with van der Waals surface area (Å²) < 4.78 is 0.770. The van der Waals surface area contributed by atoms with E-state index >= 15 is 0 Å². The van der Waals surface area contributed by atoms with Crippen LogP contribution >= 0.6 is 15.9 Å². The lowest BCUT2D eigenvalue weighted by molar-refractivity contribution is 0.0982. The second kappa shape index (κ2) is 8.17. The molecule has 0 spiro atoms. The van der Waals surface area contributed by atoms with Crippen LogP contribution in [0, 0.1) is 12.3 Å². The normalized spacial score (nSPS) is 18.6. The molecule has 28 heavy (non-hydrogen) atoms. The molecule has 6 nitrogen and oxygen atoms in total. The van der Waals surface area contributed by atoms with E-state index in [1.54, 1.807) is 0 Å². The summed E-state index contributed by atoms with van der Waals surface area (Å²) in [6.07, 6.45) is 2.06. The molecule has 0 radical (unpaired) electrons. The molecule has 0 saturated carbocycles. The number of rotatable bonds is 7. The molecule has 0 bridgehead atoms. The highest BCUT2D eigenvalue weighted by Gasteiger charge is 2.33. The van der Waals surface area contributed by atoms with Gasteiger partial charge in [-0.3, -0.25) is 4.79 Å². The molecule has 1 fully saturated rings. The van der Waals surface area contributed by atoms with E-state index in [0.717, 1.165) is 28.1 Å². The Morgan fingerprint density at radius 1 is 1.25 bits per heavy atom. The van der Waals surface area contributed by atoms with Crippen LogP contribution in [0.25, 0.3) is 0 Å². The molecule has 1 aliphatic rings. The van der Waals surface area contributed by atoms with Gasteiger partial charge in [-0.2, -0.15) is 0 Å². The number of ketones is 1. The average molecular weight is 446 g/mol. The molecule has 7 heteroatoms. The number of nitrogens with one attached hydrogen (secondary N) is 3. The van der Waals surface area contributed by atoms with E-state index in [9.17, 15) is 4.79 Å². The van der Waals surface area contributed by atoms with Crippen LogP contribution in [0.4, 0.5) is 17.3 Å². The third-order valence-corrected chi connectivity index (χ3v) is 5.52. The van der Waals surface area contributed by atoms with Crippen molar-refractivity contribution in [3.05, 3.63) is 40.1 Å². The summed E-state index contributed by atoms with van der Waals surface area (Å²) in [4.78, 5) is 21.2. The van der Waals surface area contributed by atoms with E-state index in [0.29, 0.717) is 29.9 Å². The number of Topliss-reactive ketones (excluding diaryl/α,β-unsaturated/α-hetero) is 1. The van der Waals surface area contributed by atoms with Crippen molar-refractivity contribution in [3.8, 4) is 0 Å². The SMILES string of the molecule is Cc1ccc(C(=O)CC2NC2C)cc1Nc1ncnc(NCC(C)(C)C)c1Br. The molecule has 1 aliphatic heterocycles. The van der Waals surface area contributed by atoms with Crippen LogP contribution < -0.4 is 16.0 Å². The Bertz CT molecular complexity index is 878. The highest BCUT2D eigenvalue weighted by molar-refractivity contribution is 9.10. The van der Waals surface area contributed by atoms with Crippen LogP contribution in [-0.4, -0.2) is 34.4 Å². The third-order valence-electron chi connectivity index (χ3n) is 4.76. The molecule has 2 atom stereocenters. The lowest BCUT2D eigenvalue weighted by atomic mass is 9.97. The maximum absolute atomic E-state index is 12.5. The van der Waals surface area contributed by atoms with Crippen LogP contribution in [0.2, 0.25) is 0 Å². The van der Waals surface area contributed by atoms with Crippen molar-refractivity contribution in [1.82, 2.24) is 15.3 Å². The van der Waals surface area contributed by atoms with Crippen molar-refractivity contribution in [1.29, 1.82) is 0 Å². The second-order valence-corrected chi connectivity index (χ2v) is 9.44. The van der Waals surface area contributed by atoms with E-state index in [1.165, 1.54) is 6.33 Å². The summed E-state index contributed by atoms with van der Waals surface area (Å²) in [6.45, 7) is 11.4. The first-order valence-corrected chi connectivity index (χ1v) is 10.3. The second-order valence-electron chi connectivity index (χ2n) is 8.64. The number of carbonyl (C=O) groups excluding carboxylic acids is 1. The van der Waals surface area contributed by atoms with E-state index in [-0.39, 0.29) is 11.2 Å². The van der Waals surface area contributed by atoms with Crippen LogP contribution in [0.3, 0.4) is 0 Å². The largest absolute Gasteiger partial charge is 0.368 e. The molecule has 2 unspecified atom stereocenters. The summed E-state index contributed by atoms with van der Waals surface area (Å²) in [5.41, 5.74) is 2.76. The zero-order valence-corrected chi connectivity index (χ0v) is 18.6. The van der Waals surface area contributed by atoms with Crippen LogP contribution in [0.5, 0.6) is 0 Å². The van der Waals surface area contributed by atoms with E-state index < -0.39 is 0 Å². The highest BCUT2D eigenvalue weighted by atomic mass is 79.9. The molecule has 0 amide bonds. The molecule has 3 rings (SSSR count). The molecule has 2 aromatic rings. The zero-order chi connectivity index (χ0) is 20.5. The Kier molecular flexibility index (Phi) is 6.05. The number of aromatic nitrogens is 2. The molecular weight excluding hydrogens is 418 g/mol. The topological polar surface area (TPSA) is 88.9 Å². The maximum Gasteiger partial charge on any atom is 0.164 e. The first-order chi connectivity index (χ1) is 13.1. The van der Waals surface area contributed by atoms with Crippen molar-refractivity contribution in [2.45, 2.75) is 53.1 Å². The molecule has 1 aromatic heterocycles. The smallest absolute Gasteiger partial charge is 0.164 e. The van der Waals surface area contributed by atoms with Gasteiger partial charge in [-0.05, 0) is 46.8 Å². The number of hydrogen-bond donors (Lipinski definition) is 3. The van der Waals surface area contributed by atoms with Gasteiger partial charge in [0.2, 0.25) is 0 Å². The van der Waals surface area contributed by atoms with Gasteiger partial charge in [-0.15, -0.1) is 0 Å². The predicted octanol–water partition coefficient (Wildman–Crippen LogP) is 4.68. The monoisotopic (exact) mass is 445 g/mol. The Balaban J connectivity index is 1.77. The van der Waals surface area contributed by atoms with Crippen molar-refractivity contribution < 1.29 is 4.79 Å². The molecule has 1 aromatic carbocycles. The summed E-state index contributed by atoms with van der Waals surface area (Å²) >= 11 is 3.60. The minimum Gasteiger partial charge on any atom is -0.368 e. The summed E-state index contributed by atoms with van der Waals surface area (Å²) in [5.74, 6) is 1.56. The van der Waals surface area contributed by atoms with Gasteiger partial charge < -0.3 is 16.0 Å². The van der Waals surface area contributed by atoms with Gasteiger partial charge in [0.1, 0.15) is 22.4 Å². The van der Waals surface area contributed by atoms with E-state index in [2.05, 4.69) is 69.5 Å². The van der Waals surface area contributed by atoms with Gasteiger partial charge in [-0.1, -0.05) is 32.9 Å². The van der Waals surface area contributed by atoms with Gasteiger partial charge in [0.05, 0.1) is 0 Å². The quantitative estimate of drug-likeness (QED) is 0.423. The van der Waals surface area contributed by atoms with Crippen molar-refractivity contribution in [2.24, 2.45) is 5.41 Å². The van der Waals surface area contributed by atoms with Gasteiger partial charge >= 0.3 is 0 Å². The predicted molar refractivity (Wildman–Crippen MR) is 117 cm³/mol. The number of benzene rings is 1. The Labute approximate surface area is 175 Å². The Morgan fingerprint density at radius 3 is 2.57 bits per heavy atom. The number of nitrogens with zero attached hydrogens (tertiary/aromatic N) is 2. The number of hydrogen-bond acceptors (Lipinski definition) is 6. The molecular formula is C21H28BrN5O. The first-order valence-electron chi connectivity index (χ1n) is 9.55. The molecule has 2 heterocycles. The fraction of sp³-hybridized carbons (Fsp3) is 0.476. The van der Waals surface area contributed by atoms with Gasteiger partial charge in [0.15, 0.2) is 5.78 Å². The van der Waals surface area contributed by atoms with Gasteiger partial charge in [0.25, 0.3) is 0 Å². The van der Waals surface area contributed by atoms with Crippen LogP contribution in [-0.2, 0) is 0 Å². The van der Waals surface area contributed by atoms with E-state index in [4.69, 9.17) is 0 Å². The molecule has 0 aliphatic carbocycles. The van der Waals surface area contributed by atoms with E-state index in [1.807, 2.05) is 25.1 Å². The third kappa shape index (κ3) is 5.29. The Hall–Kier alpha value is -1.99. The lowest BCUT2D eigenvalue weighted by Gasteiger charge is -2.20. The molecule has 150 valence electrons. The van der Waals surface area contributed by atoms with Gasteiger partial charge in [-0.25, -0.2) is 9.97 Å². The minimum absolute atomic E-state index is 0.136. The molecule has 1 saturated heterocycles. The standard InChI is InChI=1S/C21H28BrN5O/c1-12-6-7-14(17(28)9-16-13(2)26-16)8-15(12)27-20-18(22)19(24-11-25-20)23-10-21(3,4)5/h6-8,11,13,16,26H,9-10H2,1-5H3,(H2,23,24,25,27). The lowest BCUT2D eigenvalue weighted by Crippen LogP contribution is -2.20. The van der Waals surface area contributed by atoms with Crippen molar-refractivity contribution in [2.75, 3.05) is 17.2 Å². The fourth-order valence-electron chi connectivity index (χ4n) is 2.82. The summed E-state index contributed by atoms with van der Waals surface area (Å²) in [7, 11) is 0. The fourth-order valence-corrected chi connectivity index (χ4v) is 3.27. The minimum atomic E-state index is 0.136. The summed E-state index contributed by atoms with van der Waals surface area (Å²) in [6, 6.07) is 6.50. The number of halogens is 1. The van der Waals surface area contributed by atoms with Crippen LogP contribution in [0.1, 0.15) is 50.0 Å². The van der Waals surface area contributed by atoms with Crippen molar-refractivity contribution >= 4 is 39.0 Å². The number of carbonyl (C=O) groups is 1. The number of anilines is 3. The summed E-state index contributed by atoms with van der Waals surface area (Å²) in [5, 5.41) is 9.97. The average Bonchev–Trinajstić information content (AvgIpc) is 3.31. The highest BCUT2D eigenvalue weighted by Crippen LogP contribution is 2.31. The number of aryl methyl sites for hydroxylation is 1. The van der Waals surface area contributed by atoms with Crippen molar-refractivity contribution in [3.63, 3.8) is 0 Å². The first kappa shape index (κ1) is 20.7. The molecule has 3 N–H and O–H groups in total.